The van der Waals surface area contributed by atoms with E-state index < -0.39 is 71.6 Å². The third kappa shape index (κ3) is 24.8. The molecular formula is C50H79NO12S. The molecule has 0 saturated carbocycles. The molecule has 0 radical (unpaired) electrons. The van der Waals surface area contributed by atoms with E-state index in [0.717, 1.165) is 103 Å². The minimum atomic E-state index is -5.17. The lowest BCUT2D eigenvalue weighted by Gasteiger charge is -2.43. The Morgan fingerprint density at radius 3 is 1.62 bits per heavy atom. The number of unbranched alkanes of at least 4 members (excludes halogenated alkanes) is 18. The number of hydrogen-bond acceptors (Lipinski definition) is 11. The molecule has 1 fully saturated rings. The van der Waals surface area contributed by atoms with Gasteiger partial charge in [0.05, 0.1) is 13.0 Å². The number of aliphatic hydroxyl groups is 2. The van der Waals surface area contributed by atoms with Crippen molar-refractivity contribution in [3.05, 3.63) is 71.8 Å². The second-order valence-electron chi connectivity index (χ2n) is 17.4. The summed E-state index contributed by atoms with van der Waals surface area (Å²) in [7, 11) is -5.17. The number of ether oxygens (including phenoxy) is 3. The van der Waals surface area contributed by atoms with Gasteiger partial charge < -0.3 is 29.7 Å². The Balaban J connectivity index is 1.55. The van der Waals surface area contributed by atoms with Crippen molar-refractivity contribution in [2.75, 3.05) is 6.61 Å². The lowest BCUT2D eigenvalue weighted by molar-refractivity contribution is -0.254. The van der Waals surface area contributed by atoms with Crippen molar-refractivity contribution in [3.8, 4) is 0 Å². The zero-order valence-corrected chi connectivity index (χ0v) is 39.3. The second kappa shape index (κ2) is 33.1. The standard InChI is InChI=1S/C50H79NO12S/c1-2-3-4-5-6-7-8-15-26-35-42(60-45(54)36-27-16-11-9-13-20-29-40-31-22-18-23-32-40)38-44(53)51-47-49(48(63-64(57,58)59)43(39-52)61-50(47)56)62-46(55)37-28-17-12-10-14-21-30-41-33-24-19-25-34-41/h18-19,22-25,31-34,42-43,47-50,52,56H,2-17,20-21,26-30,35-39H2,1H3,(H,51,53)(H,57,58,59)/t42?,43-,47?,48-,49?,50?/m1/s1. The van der Waals surface area contributed by atoms with Crippen LogP contribution in [0.3, 0.4) is 0 Å². The molecule has 0 aromatic heterocycles. The number of carbonyl (C=O) groups is 3. The number of amides is 1. The first kappa shape index (κ1) is 54.9. The molecule has 0 spiro atoms. The first-order chi connectivity index (χ1) is 31.0. The molecule has 64 heavy (non-hydrogen) atoms. The Labute approximate surface area is 383 Å². The number of hydrogen-bond donors (Lipinski definition) is 4. The molecule has 2 aromatic carbocycles. The van der Waals surface area contributed by atoms with Crippen LogP contribution in [0.25, 0.3) is 0 Å². The number of rotatable bonds is 36. The highest BCUT2D eigenvalue weighted by Crippen LogP contribution is 2.28. The normalized spacial score (nSPS) is 19.2. The zero-order valence-electron chi connectivity index (χ0n) is 38.5. The number of aryl methyl sites for hydroxylation is 2. The Kier molecular flexibility index (Phi) is 28.4. The van der Waals surface area contributed by atoms with Crippen LogP contribution in [-0.4, -0.2) is 84.4 Å². The third-order valence-electron chi connectivity index (χ3n) is 11.9. The van der Waals surface area contributed by atoms with Crippen molar-refractivity contribution in [1.29, 1.82) is 0 Å². The van der Waals surface area contributed by atoms with E-state index in [9.17, 15) is 37.6 Å². The Morgan fingerprint density at radius 2 is 1.12 bits per heavy atom. The number of esters is 2. The molecule has 2 aromatic rings. The summed E-state index contributed by atoms with van der Waals surface area (Å²) in [6.07, 6.45) is 15.7. The monoisotopic (exact) mass is 918 g/mol. The van der Waals surface area contributed by atoms with Crippen LogP contribution in [0.15, 0.2) is 60.7 Å². The summed E-state index contributed by atoms with van der Waals surface area (Å²) in [5.74, 6) is -1.81. The Bertz CT molecular complexity index is 1650. The number of benzene rings is 2. The lowest BCUT2D eigenvalue weighted by atomic mass is 9.96. The maximum absolute atomic E-state index is 13.7. The van der Waals surface area contributed by atoms with Crippen LogP contribution in [0.1, 0.15) is 179 Å². The predicted molar refractivity (Wildman–Crippen MR) is 247 cm³/mol. The fourth-order valence-corrected chi connectivity index (χ4v) is 8.82. The Hall–Kier alpha value is -3.40. The molecule has 4 unspecified atom stereocenters. The molecule has 1 aliphatic rings. The Morgan fingerprint density at radius 1 is 0.656 bits per heavy atom. The second-order valence-corrected chi connectivity index (χ2v) is 18.5. The number of aliphatic hydroxyl groups excluding tert-OH is 2. The van der Waals surface area contributed by atoms with Gasteiger partial charge in [-0.25, -0.2) is 4.18 Å². The topological polar surface area (TPSA) is 195 Å². The van der Waals surface area contributed by atoms with Gasteiger partial charge in [-0.3, -0.25) is 18.9 Å². The van der Waals surface area contributed by atoms with E-state index in [2.05, 4.69) is 48.6 Å². The van der Waals surface area contributed by atoms with E-state index >= 15 is 0 Å². The van der Waals surface area contributed by atoms with Gasteiger partial charge in [0.15, 0.2) is 12.4 Å². The molecule has 6 atom stereocenters. The summed E-state index contributed by atoms with van der Waals surface area (Å²) in [4.78, 5) is 40.0. The summed E-state index contributed by atoms with van der Waals surface area (Å²) in [5, 5.41) is 23.6. The van der Waals surface area contributed by atoms with E-state index in [1.807, 2.05) is 24.3 Å². The smallest absolute Gasteiger partial charge is 0.397 e. The fourth-order valence-electron chi connectivity index (χ4n) is 8.31. The average molecular weight is 918 g/mol. The highest BCUT2D eigenvalue weighted by Gasteiger charge is 2.50. The van der Waals surface area contributed by atoms with Crippen molar-refractivity contribution in [2.45, 2.75) is 217 Å². The van der Waals surface area contributed by atoms with Gasteiger partial charge in [-0.15, -0.1) is 0 Å². The molecule has 1 amide bonds. The van der Waals surface area contributed by atoms with E-state index in [1.54, 1.807) is 0 Å². The molecule has 4 N–H and O–H groups in total. The van der Waals surface area contributed by atoms with Crippen LogP contribution in [-0.2, 0) is 56.0 Å². The summed E-state index contributed by atoms with van der Waals surface area (Å²) >= 11 is 0. The van der Waals surface area contributed by atoms with Crippen molar-refractivity contribution in [2.24, 2.45) is 0 Å². The van der Waals surface area contributed by atoms with Crippen LogP contribution in [0.2, 0.25) is 0 Å². The van der Waals surface area contributed by atoms with E-state index in [4.69, 9.17) is 18.4 Å². The van der Waals surface area contributed by atoms with E-state index in [1.165, 1.54) is 43.2 Å². The van der Waals surface area contributed by atoms with Crippen molar-refractivity contribution in [3.63, 3.8) is 0 Å². The minimum Gasteiger partial charge on any atom is -0.462 e. The van der Waals surface area contributed by atoms with Gasteiger partial charge in [0.25, 0.3) is 0 Å². The fraction of sp³-hybridized carbons (Fsp3) is 0.700. The quantitative estimate of drug-likeness (QED) is 0.0288. The predicted octanol–water partition coefficient (Wildman–Crippen LogP) is 9.45. The molecule has 362 valence electrons. The summed E-state index contributed by atoms with van der Waals surface area (Å²) in [6, 6.07) is 19.1. The van der Waals surface area contributed by atoms with Gasteiger partial charge in [0, 0.05) is 12.8 Å². The van der Waals surface area contributed by atoms with Crippen LogP contribution in [0.5, 0.6) is 0 Å². The molecular weight excluding hydrogens is 839 g/mol. The molecule has 1 aliphatic heterocycles. The van der Waals surface area contributed by atoms with E-state index in [0.29, 0.717) is 19.3 Å². The molecule has 1 heterocycles. The number of nitrogens with one attached hydrogen (secondary N) is 1. The molecule has 1 saturated heterocycles. The van der Waals surface area contributed by atoms with Crippen LogP contribution in [0.4, 0.5) is 0 Å². The van der Waals surface area contributed by atoms with Gasteiger partial charge in [0.1, 0.15) is 24.4 Å². The van der Waals surface area contributed by atoms with Gasteiger partial charge in [0.2, 0.25) is 5.91 Å². The van der Waals surface area contributed by atoms with Gasteiger partial charge >= 0.3 is 22.3 Å². The van der Waals surface area contributed by atoms with Crippen molar-refractivity contribution in [1.82, 2.24) is 5.32 Å². The minimum absolute atomic E-state index is 0.0362. The molecule has 0 bridgehead atoms. The third-order valence-corrected chi connectivity index (χ3v) is 12.4. The summed E-state index contributed by atoms with van der Waals surface area (Å²) in [6.45, 7) is 1.33. The van der Waals surface area contributed by atoms with Crippen LogP contribution in [0, 0.1) is 0 Å². The molecule has 14 heteroatoms. The number of carbonyl (C=O) groups excluding carboxylic acids is 3. The summed E-state index contributed by atoms with van der Waals surface area (Å²) < 4.78 is 55.3. The first-order valence-corrected chi connectivity index (χ1v) is 25.7. The lowest BCUT2D eigenvalue weighted by Crippen LogP contribution is -2.66. The maximum atomic E-state index is 13.7. The van der Waals surface area contributed by atoms with Gasteiger partial charge in [-0.2, -0.15) is 8.42 Å². The highest BCUT2D eigenvalue weighted by molar-refractivity contribution is 7.80. The maximum Gasteiger partial charge on any atom is 0.397 e. The molecule has 13 nitrogen and oxygen atoms in total. The van der Waals surface area contributed by atoms with Gasteiger partial charge in [-0.1, -0.05) is 170 Å². The summed E-state index contributed by atoms with van der Waals surface area (Å²) in [5.41, 5.74) is 2.64. The molecule has 3 rings (SSSR count). The van der Waals surface area contributed by atoms with Gasteiger partial charge in [-0.05, 0) is 62.5 Å². The first-order valence-electron chi connectivity index (χ1n) is 24.3. The van der Waals surface area contributed by atoms with Crippen molar-refractivity contribution < 1.29 is 56.0 Å². The van der Waals surface area contributed by atoms with Crippen molar-refractivity contribution >= 4 is 28.2 Å². The largest absolute Gasteiger partial charge is 0.462 e. The SMILES string of the molecule is CCCCCCCCCCCC(CC(=O)NC1C(O)O[C@H](CO)[C@@H](OS(=O)(=O)O)C1OC(=O)CCCCCCCCc1ccccc1)OC(=O)CCCCCCCCc1ccccc1. The zero-order chi connectivity index (χ0) is 46.3. The van der Waals surface area contributed by atoms with Crippen LogP contribution >= 0.6 is 0 Å². The van der Waals surface area contributed by atoms with Crippen LogP contribution < -0.4 is 5.32 Å². The van der Waals surface area contributed by atoms with E-state index in [-0.39, 0.29) is 19.3 Å². The highest BCUT2D eigenvalue weighted by atomic mass is 32.3. The average Bonchev–Trinajstić information content (AvgIpc) is 3.27. The molecule has 0 aliphatic carbocycles.